The van der Waals surface area contributed by atoms with Crippen molar-refractivity contribution in [2.75, 3.05) is 6.61 Å². The molecule has 0 aliphatic carbocycles. The van der Waals surface area contributed by atoms with E-state index in [9.17, 15) is 0 Å². The molecule has 0 unspecified atom stereocenters. The Morgan fingerprint density at radius 1 is 1.50 bits per heavy atom. The van der Waals surface area contributed by atoms with Crippen molar-refractivity contribution in [1.82, 2.24) is 0 Å². The molecule has 0 aromatic heterocycles. The maximum atomic E-state index is 5.81. The fraction of sp³-hybridized carbons (Fsp3) is 1.00. The molecule has 1 nitrogen and oxygen atoms in total. The van der Waals surface area contributed by atoms with Gasteiger partial charge in [0.1, 0.15) is 0 Å². The van der Waals surface area contributed by atoms with Crippen LogP contribution in [0.25, 0.3) is 0 Å². The van der Waals surface area contributed by atoms with Gasteiger partial charge in [0.15, 0.2) is 0 Å². The number of rotatable bonds is 2. The Morgan fingerprint density at radius 3 is 2.58 bits per heavy atom. The highest BCUT2D eigenvalue weighted by Crippen LogP contribution is 2.33. The molecule has 1 aliphatic heterocycles. The maximum Gasteiger partial charge on any atom is 0.0636 e. The van der Waals surface area contributed by atoms with Gasteiger partial charge in [-0.15, -0.1) is 0 Å². The number of halogens is 1. The van der Waals surface area contributed by atoms with E-state index in [-0.39, 0.29) is 0 Å². The molecule has 0 aromatic rings. The molecule has 0 radical (unpaired) electrons. The highest BCUT2D eigenvalue weighted by Gasteiger charge is 2.32. The van der Waals surface area contributed by atoms with E-state index >= 15 is 0 Å². The lowest BCUT2D eigenvalue weighted by molar-refractivity contribution is -0.0474. The van der Waals surface area contributed by atoms with Crippen LogP contribution in [0.3, 0.4) is 0 Å². The van der Waals surface area contributed by atoms with Crippen LogP contribution in [0.15, 0.2) is 0 Å². The summed E-state index contributed by atoms with van der Waals surface area (Å²) in [5.74, 6) is 1.45. The molecule has 72 valence electrons. The molecular weight excluding hydrogens is 263 g/mol. The molecule has 1 fully saturated rings. The van der Waals surface area contributed by atoms with Crippen LogP contribution >= 0.6 is 22.6 Å². The van der Waals surface area contributed by atoms with Crippen LogP contribution in [0.2, 0.25) is 0 Å². The number of hydrogen-bond acceptors (Lipinski definition) is 1. The van der Waals surface area contributed by atoms with Gasteiger partial charge in [-0.05, 0) is 24.7 Å². The number of alkyl halides is 1. The van der Waals surface area contributed by atoms with Gasteiger partial charge in [-0.3, -0.25) is 0 Å². The third-order valence-electron chi connectivity index (χ3n) is 2.72. The second kappa shape index (κ2) is 4.80. The van der Waals surface area contributed by atoms with Crippen LogP contribution < -0.4 is 0 Å². The van der Waals surface area contributed by atoms with Gasteiger partial charge in [0.05, 0.1) is 6.10 Å². The zero-order valence-electron chi connectivity index (χ0n) is 8.22. The highest BCUT2D eigenvalue weighted by atomic mass is 127. The minimum Gasteiger partial charge on any atom is -0.378 e. The summed E-state index contributed by atoms with van der Waals surface area (Å²) in [4.78, 5) is 0. The first kappa shape index (κ1) is 10.8. The molecule has 0 saturated carbocycles. The molecule has 0 aromatic carbocycles. The van der Waals surface area contributed by atoms with E-state index < -0.39 is 0 Å². The van der Waals surface area contributed by atoms with Crippen LogP contribution in [0, 0.1) is 11.8 Å². The van der Waals surface area contributed by atoms with E-state index in [0.717, 1.165) is 16.4 Å². The molecule has 1 heterocycles. The molecule has 1 saturated heterocycles. The zero-order valence-corrected chi connectivity index (χ0v) is 10.4. The lowest BCUT2D eigenvalue weighted by Gasteiger charge is -2.37. The summed E-state index contributed by atoms with van der Waals surface area (Å²) in [6.45, 7) is 7.78. The first-order chi connectivity index (χ1) is 5.66. The Kier molecular flexibility index (Phi) is 4.30. The van der Waals surface area contributed by atoms with Gasteiger partial charge < -0.3 is 4.74 Å². The molecule has 0 N–H and O–H groups in total. The van der Waals surface area contributed by atoms with E-state index in [1.54, 1.807) is 0 Å². The second-order valence-corrected chi connectivity index (χ2v) is 5.56. The summed E-state index contributed by atoms with van der Waals surface area (Å²) in [5, 5.41) is 0. The van der Waals surface area contributed by atoms with E-state index in [4.69, 9.17) is 4.74 Å². The van der Waals surface area contributed by atoms with Crippen molar-refractivity contribution in [3.8, 4) is 0 Å². The summed E-state index contributed by atoms with van der Waals surface area (Å²) in [6.07, 6.45) is 3.00. The van der Waals surface area contributed by atoms with Crippen molar-refractivity contribution in [2.24, 2.45) is 11.8 Å². The average Bonchev–Trinajstić information content (AvgIpc) is 2.03. The zero-order chi connectivity index (χ0) is 9.14. The van der Waals surface area contributed by atoms with Crippen LogP contribution in [-0.4, -0.2) is 16.6 Å². The van der Waals surface area contributed by atoms with Crippen molar-refractivity contribution in [2.45, 2.75) is 43.6 Å². The lowest BCUT2D eigenvalue weighted by Crippen LogP contribution is -2.39. The van der Waals surface area contributed by atoms with E-state index in [1.165, 1.54) is 12.8 Å². The van der Waals surface area contributed by atoms with Gasteiger partial charge in [-0.1, -0.05) is 43.4 Å². The lowest BCUT2D eigenvalue weighted by atomic mass is 9.86. The van der Waals surface area contributed by atoms with Crippen LogP contribution in [0.4, 0.5) is 0 Å². The third kappa shape index (κ3) is 2.34. The molecular formula is C10H19IO. The Hall–Kier alpha value is 0.690. The van der Waals surface area contributed by atoms with Gasteiger partial charge in [0.2, 0.25) is 0 Å². The number of ether oxygens (including phenoxy) is 1. The minimum atomic E-state index is 0.505. The largest absolute Gasteiger partial charge is 0.378 e. The van der Waals surface area contributed by atoms with Gasteiger partial charge in [0, 0.05) is 10.5 Å². The van der Waals surface area contributed by atoms with Crippen molar-refractivity contribution in [3.05, 3.63) is 0 Å². The second-order valence-electron chi connectivity index (χ2n) is 3.96. The molecule has 1 rings (SSSR count). The van der Waals surface area contributed by atoms with Crippen LogP contribution in [-0.2, 0) is 4.74 Å². The van der Waals surface area contributed by atoms with E-state index in [1.807, 2.05) is 0 Å². The molecule has 1 aliphatic rings. The van der Waals surface area contributed by atoms with Crippen LogP contribution in [0.5, 0.6) is 0 Å². The molecule has 0 bridgehead atoms. The Balaban J connectivity index is 2.57. The SMILES string of the molecule is CC[C@H]1[C@@H](I)CCO[C@H]1C(C)C. The van der Waals surface area contributed by atoms with Crippen molar-refractivity contribution < 1.29 is 4.74 Å². The standard InChI is InChI=1S/C10H19IO/c1-4-8-9(11)5-6-12-10(8)7(2)3/h7-10H,4-6H2,1-3H3/t8-,9-,10-/m0/s1. The van der Waals surface area contributed by atoms with Crippen LogP contribution in [0.1, 0.15) is 33.6 Å². The quantitative estimate of drug-likeness (QED) is 0.558. The molecule has 3 atom stereocenters. The summed E-state index contributed by atoms with van der Waals surface area (Å²) in [5.41, 5.74) is 0. The topological polar surface area (TPSA) is 9.23 Å². The first-order valence-corrected chi connectivity index (χ1v) is 6.17. The monoisotopic (exact) mass is 282 g/mol. The summed E-state index contributed by atoms with van der Waals surface area (Å²) in [7, 11) is 0. The van der Waals surface area contributed by atoms with Gasteiger partial charge in [-0.25, -0.2) is 0 Å². The summed E-state index contributed by atoms with van der Waals surface area (Å²) in [6, 6.07) is 0. The fourth-order valence-corrected chi connectivity index (χ4v) is 3.21. The highest BCUT2D eigenvalue weighted by molar-refractivity contribution is 14.1. The Morgan fingerprint density at radius 2 is 2.17 bits per heavy atom. The average molecular weight is 282 g/mol. The van der Waals surface area contributed by atoms with E-state index in [2.05, 4.69) is 43.4 Å². The maximum absolute atomic E-state index is 5.81. The Bertz CT molecular complexity index is 136. The van der Waals surface area contributed by atoms with Crippen molar-refractivity contribution >= 4 is 22.6 Å². The summed E-state index contributed by atoms with van der Waals surface area (Å²) >= 11 is 2.59. The fourth-order valence-electron chi connectivity index (χ4n) is 2.04. The molecule has 2 heteroatoms. The molecule has 12 heavy (non-hydrogen) atoms. The molecule has 0 spiro atoms. The predicted octanol–water partition coefficient (Wildman–Crippen LogP) is 3.26. The third-order valence-corrected chi connectivity index (χ3v) is 4.27. The van der Waals surface area contributed by atoms with Gasteiger partial charge in [0.25, 0.3) is 0 Å². The predicted molar refractivity (Wildman–Crippen MR) is 60.8 cm³/mol. The summed E-state index contributed by atoms with van der Waals surface area (Å²) < 4.78 is 6.64. The first-order valence-electron chi connectivity index (χ1n) is 4.92. The normalized spacial score (nSPS) is 37.2. The van der Waals surface area contributed by atoms with Gasteiger partial charge >= 0.3 is 0 Å². The molecule has 0 amide bonds. The minimum absolute atomic E-state index is 0.505. The Labute approximate surface area is 89.4 Å². The van der Waals surface area contributed by atoms with Gasteiger partial charge in [-0.2, -0.15) is 0 Å². The van der Waals surface area contributed by atoms with Crippen molar-refractivity contribution in [3.63, 3.8) is 0 Å². The number of hydrogen-bond donors (Lipinski definition) is 0. The van der Waals surface area contributed by atoms with E-state index in [0.29, 0.717) is 12.0 Å². The van der Waals surface area contributed by atoms with Crippen molar-refractivity contribution in [1.29, 1.82) is 0 Å². The smallest absolute Gasteiger partial charge is 0.0636 e.